The molecule has 1 saturated carbocycles. The number of benzene rings is 1. The minimum absolute atomic E-state index is 0.0252. The monoisotopic (exact) mass is 395 g/mol. The van der Waals surface area contributed by atoms with Crippen molar-refractivity contribution in [2.75, 3.05) is 25.2 Å². The lowest BCUT2D eigenvalue weighted by Crippen LogP contribution is -2.48. The predicted molar refractivity (Wildman–Crippen MR) is 100 cm³/mol. The first-order chi connectivity index (χ1) is 12.9. The second-order valence-electron chi connectivity index (χ2n) is 7.11. The molecule has 2 aliphatic rings. The van der Waals surface area contributed by atoms with Crippen LogP contribution in [0.5, 0.6) is 11.5 Å². The van der Waals surface area contributed by atoms with Gasteiger partial charge in [0.15, 0.2) is 22.7 Å². The second-order valence-corrected chi connectivity index (χ2v) is 9.34. The Labute approximate surface area is 159 Å². The molecule has 1 atom stereocenters. The van der Waals surface area contributed by atoms with E-state index in [1.165, 1.54) is 7.11 Å². The Balaban J connectivity index is 1.72. The molecule has 148 valence electrons. The number of ether oxygens (including phenoxy) is 2. The fraction of sp³-hybridized carbons (Fsp3) is 0.579. The molecule has 1 aromatic carbocycles. The smallest absolute Gasteiger partial charge is 0.261 e. The number of methoxy groups -OCH3 is 1. The first kappa shape index (κ1) is 19.7. The van der Waals surface area contributed by atoms with Crippen molar-refractivity contribution < 1.29 is 27.5 Å². The number of hydrogen-bond donors (Lipinski definition) is 0. The number of hydrogen-bond acceptors (Lipinski definition) is 6. The number of sulfone groups is 1. The summed E-state index contributed by atoms with van der Waals surface area (Å²) in [4.78, 5) is 25.9. The van der Waals surface area contributed by atoms with Crippen LogP contribution in [-0.2, 0) is 14.6 Å². The van der Waals surface area contributed by atoms with Crippen molar-refractivity contribution in [2.45, 2.75) is 44.2 Å². The molecule has 0 unspecified atom stereocenters. The molecule has 0 N–H and O–H groups in total. The number of rotatable bonds is 7. The van der Waals surface area contributed by atoms with Crippen LogP contribution in [0.4, 0.5) is 0 Å². The maximum absolute atomic E-state index is 12.9. The SMILES string of the molecule is COc1ccc(OCC(=O)N(C2CCCC2)[C@H]2CCS(=O)(=O)C2)c(C=O)c1. The summed E-state index contributed by atoms with van der Waals surface area (Å²) in [6, 6.07) is 4.59. The van der Waals surface area contributed by atoms with E-state index >= 15 is 0 Å². The molecular formula is C19H25NO6S. The van der Waals surface area contributed by atoms with Gasteiger partial charge in [0.1, 0.15) is 11.5 Å². The molecule has 8 heteroatoms. The lowest BCUT2D eigenvalue weighted by atomic mass is 10.1. The van der Waals surface area contributed by atoms with E-state index in [2.05, 4.69) is 0 Å². The van der Waals surface area contributed by atoms with Gasteiger partial charge in [0, 0.05) is 12.1 Å². The molecule has 27 heavy (non-hydrogen) atoms. The average molecular weight is 395 g/mol. The van der Waals surface area contributed by atoms with Gasteiger partial charge >= 0.3 is 0 Å². The third-order valence-corrected chi connectivity index (χ3v) is 7.05. The summed E-state index contributed by atoms with van der Waals surface area (Å²) in [7, 11) is -1.58. The molecule has 2 fully saturated rings. The number of nitrogens with zero attached hydrogens (tertiary/aromatic N) is 1. The molecule has 1 amide bonds. The number of carbonyl (C=O) groups excluding carboxylic acids is 2. The van der Waals surface area contributed by atoms with E-state index in [0.29, 0.717) is 29.8 Å². The van der Waals surface area contributed by atoms with Crippen molar-refractivity contribution in [3.63, 3.8) is 0 Å². The topological polar surface area (TPSA) is 90.0 Å². The highest BCUT2D eigenvalue weighted by Crippen LogP contribution is 2.29. The molecule has 0 radical (unpaired) electrons. The van der Waals surface area contributed by atoms with Gasteiger partial charge in [-0.1, -0.05) is 12.8 Å². The number of aldehydes is 1. The third kappa shape index (κ3) is 4.61. The molecule has 1 heterocycles. The quantitative estimate of drug-likeness (QED) is 0.655. The lowest BCUT2D eigenvalue weighted by Gasteiger charge is -2.34. The second kappa shape index (κ2) is 8.29. The summed E-state index contributed by atoms with van der Waals surface area (Å²) < 4.78 is 34.5. The van der Waals surface area contributed by atoms with Crippen molar-refractivity contribution in [3.8, 4) is 11.5 Å². The van der Waals surface area contributed by atoms with Crippen molar-refractivity contribution in [1.29, 1.82) is 0 Å². The normalized spacial score (nSPS) is 21.7. The van der Waals surface area contributed by atoms with Gasteiger partial charge in [0.2, 0.25) is 0 Å². The Morgan fingerprint density at radius 3 is 2.56 bits per heavy atom. The average Bonchev–Trinajstić information content (AvgIpc) is 3.30. The van der Waals surface area contributed by atoms with Crippen LogP contribution in [0.25, 0.3) is 0 Å². The highest BCUT2D eigenvalue weighted by atomic mass is 32.2. The van der Waals surface area contributed by atoms with E-state index in [4.69, 9.17) is 9.47 Å². The molecule has 0 bridgehead atoms. The van der Waals surface area contributed by atoms with Crippen LogP contribution in [0, 0.1) is 0 Å². The van der Waals surface area contributed by atoms with E-state index < -0.39 is 9.84 Å². The molecule has 1 aliphatic heterocycles. The van der Waals surface area contributed by atoms with Crippen molar-refractivity contribution in [3.05, 3.63) is 23.8 Å². The Kier molecular flexibility index (Phi) is 6.04. The van der Waals surface area contributed by atoms with Crippen LogP contribution in [0.2, 0.25) is 0 Å². The molecule has 3 rings (SSSR count). The maximum Gasteiger partial charge on any atom is 0.261 e. The Hall–Kier alpha value is -2.09. The van der Waals surface area contributed by atoms with E-state index in [1.807, 2.05) is 0 Å². The standard InChI is InChI=1S/C19H25NO6S/c1-25-17-6-7-18(14(10-17)11-21)26-12-19(22)20(15-4-2-3-5-15)16-8-9-27(23,24)13-16/h6-7,10-11,15-16H,2-5,8-9,12-13H2,1H3/t16-/m0/s1. The number of amides is 1. The molecule has 0 aromatic heterocycles. The Morgan fingerprint density at radius 1 is 1.22 bits per heavy atom. The van der Waals surface area contributed by atoms with Crippen molar-refractivity contribution >= 4 is 22.0 Å². The maximum atomic E-state index is 12.9. The third-order valence-electron chi connectivity index (χ3n) is 5.30. The summed E-state index contributed by atoms with van der Waals surface area (Å²) >= 11 is 0. The van der Waals surface area contributed by atoms with Crippen LogP contribution in [-0.4, -0.2) is 62.8 Å². The van der Waals surface area contributed by atoms with Crippen LogP contribution in [0.15, 0.2) is 18.2 Å². The molecule has 1 saturated heterocycles. The first-order valence-corrected chi connectivity index (χ1v) is 11.0. The summed E-state index contributed by atoms with van der Waals surface area (Å²) in [6.07, 6.45) is 5.01. The summed E-state index contributed by atoms with van der Waals surface area (Å²) in [5, 5.41) is 0. The molecule has 1 aliphatic carbocycles. The van der Waals surface area contributed by atoms with Crippen LogP contribution in [0.3, 0.4) is 0 Å². The van der Waals surface area contributed by atoms with Gasteiger partial charge in [-0.2, -0.15) is 0 Å². The minimum atomic E-state index is -3.08. The van der Waals surface area contributed by atoms with E-state index in [1.54, 1.807) is 23.1 Å². The molecule has 0 spiro atoms. The van der Waals surface area contributed by atoms with Gasteiger partial charge in [-0.15, -0.1) is 0 Å². The minimum Gasteiger partial charge on any atom is -0.497 e. The number of carbonyl (C=O) groups is 2. The molecule has 7 nitrogen and oxygen atoms in total. The molecular weight excluding hydrogens is 370 g/mol. The molecule has 1 aromatic rings. The zero-order valence-electron chi connectivity index (χ0n) is 15.4. The zero-order chi connectivity index (χ0) is 19.4. The zero-order valence-corrected chi connectivity index (χ0v) is 16.2. The fourth-order valence-electron chi connectivity index (χ4n) is 3.97. The van der Waals surface area contributed by atoms with Gasteiger partial charge in [-0.05, 0) is 37.5 Å². The predicted octanol–water partition coefficient (Wildman–Crippen LogP) is 1.84. The lowest BCUT2D eigenvalue weighted by molar-refractivity contribution is -0.137. The van der Waals surface area contributed by atoms with E-state index in [0.717, 1.165) is 25.7 Å². The summed E-state index contributed by atoms with van der Waals surface area (Å²) in [5.74, 6) is 0.765. The fourth-order valence-corrected chi connectivity index (χ4v) is 5.69. The highest BCUT2D eigenvalue weighted by molar-refractivity contribution is 7.91. The van der Waals surface area contributed by atoms with Gasteiger partial charge < -0.3 is 14.4 Å². The van der Waals surface area contributed by atoms with Gasteiger partial charge in [-0.3, -0.25) is 9.59 Å². The van der Waals surface area contributed by atoms with Gasteiger partial charge in [-0.25, -0.2) is 8.42 Å². The Morgan fingerprint density at radius 2 is 1.96 bits per heavy atom. The first-order valence-electron chi connectivity index (χ1n) is 9.21. The largest absolute Gasteiger partial charge is 0.497 e. The van der Waals surface area contributed by atoms with Crippen molar-refractivity contribution in [2.24, 2.45) is 0 Å². The van der Waals surface area contributed by atoms with Crippen molar-refractivity contribution in [1.82, 2.24) is 4.90 Å². The highest BCUT2D eigenvalue weighted by Gasteiger charge is 2.39. The van der Waals surface area contributed by atoms with E-state index in [-0.39, 0.29) is 36.1 Å². The Bertz CT molecular complexity index is 800. The summed E-state index contributed by atoms with van der Waals surface area (Å²) in [5.41, 5.74) is 0.304. The van der Waals surface area contributed by atoms with Crippen LogP contribution >= 0.6 is 0 Å². The van der Waals surface area contributed by atoms with Gasteiger partial charge in [0.25, 0.3) is 5.91 Å². The van der Waals surface area contributed by atoms with E-state index in [9.17, 15) is 18.0 Å². The van der Waals surface area contributed by atoms with Crippen LogP contribution < -0.4 is 9.47 Å². The van der Waals surface area contributed by atoms with Crippen LogP contribution in [0.1, 0.15) is 42.5 Å². The summed E-state index contributed by atoms with van der Waals surface area (Å²) in [6.45, 7) is -0.222. The van der Waals surface area contributed by atoms with Gasteiger partial charge in [0.05, 0.1) is 24.2 Å².